The van der Waals surface area contributed by atoms with Gasteiger partial charge in [-0.2, -0.15) is 0 Å². The number of nitrogens with zero attached hydrogens (tertiary/aromatic N) is 1. The molecule has 0 fully saturated rings. The zero-order chi connectivity index (χ0) is 22.4. The Kier molecular flexibility index (Phi) is 12.2. The normalized spacial score (nSPS) is 10.3. The highest BCUT2D eigenvalue weighted by Gasteiger charge is 2.09. The van der Waals surface area contributed by atoms with Gasteiger partial charge in [-0.15, -0.1) is 0 Å². The van der Waals surface area contributed by atoms with Gasteiger partial charge < -0.3 is 19.8 Å². The van der Waals surface area contributed by atoms with Gasteiger partial charge in [0.25, 0.3) is 0 Å². The Labute approximate surface area is 183 Å². The molecule has 6 nitrogen and oxygen atoms in total. The summed E-state index contributed by atoms with van der Waals surface area (Å²) in [5.41, 5.74) is 2.37. The van der Waals surface area contributed by atoms with E-state index in [1.165, 1.54) is 24.0 Å². The van der Waals surface area contributed by atoms with Gasteiger partial charge in [-0.05, 0) is 61.7 Å². The maximum absolute atomic E-state index is 9.10. The average molecular weight is 436 g/mol. The Hall–Kier alpha value is -2.57. The van der Waals surface area contributed by atoms with Crippen molar-refractivity contribution in [2.45, 2.75) is 39.7 Å². The summed E-state index contributed by atoms with van der Waals surface area (Å²) in [6.45, 7) is 8.39. The Balaban J connectivity index is 0.000000656. The minimum absolute atomic E-state index is 0.586. The minimum atomic E-state index is -1.82. The molecule has 0 aliphatic rings. The van der Waals surface area contributed by atoms with E-state index in [1.54, 1.807) is 0 Å². The maximum Gasteiger partial charge on any atom is 0.414 e. The Morgan fingerprint density at radius 2 is 1.53 bits per heavy atom. The van der Waals surface area contributed by atoms with E-state index in [9.17, 15) is 0 Å². The quantitative estimate of drug-likeness (QED) is 0.524. The second-order valence-electron chi connectivity index (χ2n) is 6.73. The highest BCUT2D eigenvalue weighted by atomic mass is 35.5. The smallest absolute Gasteiger partial charge is 0.414 e. The highest BCUT2D eigenvalue weighted by molar-refractivity contribution is 6.30. The van der Waals surface area contributed by atoms with Crippen LogP contribution in [0.15, 0.2) is 48.5 Å². The van der Waals surface area contributed by atoms with E-state index >= 15 is 0 Å². The zero-order valence-corrected chi connectivity index (χ0v) is 18.3. The Morgan fingerprint density at radius 1 is 0.933 bits per heavy atom. The van der Waals surface area contributed by atoms with Crippen molar-refractivity contribution in [3.05, 3.63) is 64.7 Å². The SMILES string of the molecule is CCCN(CCC)CCc1cc(Cl)ccc1OCc1ccccc1.O=C(O)C(=O)O. The topological polar surface area (TPSA) is 87.1 Å². The summed E-state index contributed by atoms with van der Waals surface area (Å²) in [6, 6.07) is 16.2. The summed E-state index contributed by atoms with van der Waals surface area (Å²) in [5.74, 6) is -2.71. The first-order valence-corrected chi connectivity index (χ1v) is 10.4. The molecular weight excluding hydrogens is 406 g/mol. The van der Waals surface area contributed by atoms with Gasteiger partial charge in [-0.25, -0.2) is 9.59 Å². The molecule has 0 unspecified atom stereocenters. The van der Waals surface area contributed by atoms with Crippen molar-refractivity contribution in [2.75, 3.05) is 19.6 Å². The van der Waals surface area contributed by atoms with Gasteiger partial charge in [0.15, 0.2) is 0 Å². The van der Waals surface area contributed by atoms with Crippen LogP contribution in [0.2, 0.25) is 5.02 Å². The number of carboxylic acid groups (broad SMARTS) is 2. The van der Waals surface area contributed by atoms with Crippen LogP contribution >= 0.6 is 11.6 Å². The molecule has 0 radical (unpaired) electrons. The number of aliphatic carboxylic acids is 2. The van der Waals surface area contributed by atoms with Crippen LogP contribution in [0.4, 0.5) is 0 Å². The number of hydrogen-bond acceptors (Lipinski definition) is 4. The summed E-state index contributed by atoms with van der Waals surface area (Å²) in [6.07, 6.45) is 3.34. The summed E-state index contributed by atoms with van der Waals surface area (Å²) in [4.78, 5) is 20.7. The van der Waals surface area contributed by atoms with Crippen LogP contribution in [-0.2, 0) is 22.6 Å². The largest absolute Gasteiger partial charge is 0.489 e. The number of benzene rings is 2. The van der Waals surface area contributed by atoms with E-state index < -0.39 is 11.9 Å². The van der Waals surface area contributed by atoms with Gasteiger partial charge in [0, 0.05) is 11.6 Å². The van der Waals surface area contributed by atoms with Crippen molar-refractivity contribution in [3.8, 4) is 5.75 Å². The fourth-order valence-electron chi connectivity index (χ4n) is 2.87. The van der Waals surface area contributed by atoms with E-state index in [2.05, 4.69) is 30.9 Å². The van der Waals surface area contributed by atoms with Crippen LogP contribution < -0.4 is 4.74 Å². The first-order chi connectivity index (χ1) is 14.4. The summed E-state index contributed by atoms with van der Waals surface area (Å²) < 4.78 is 6.05. The molecule has 164 valence electrons. The first-order valence-electron chi connectivity index (χ1n) is 10.0. The van der Waals surface area contributed by atoms with Crippen LogP contribution in [-0.4, -0.2) is 46.7 Å². The Bertz CT molecular complexity index is 764. The molecule has 0 spiro atoms. The van der Waals surface area contributed by atoms with Gasteiger partial charge in [-0.1, -0.05) is 55.8 Å². The second-order valence-corrected chi connectivity index (χ2v) is 7.16. The molecule has 0 aliphatic heterocycles. The van der Waals surface area contributed by atoms with Crippen LogP contribution in [0.1, 0.15) is 37.8 Å². The predicted octanol–water partition coefficient (Wildman–Crippen LogP) is 4.74. The zero-order valence-electron chi connectivity index (χ0n) is 17.5. The number of rotatable bonds is 10. The molecular formula is C23H30ClNO5. The molecule has 2 N–H and O–H groups in total. The van der Waals surface area contributed by atoms with Crippen molar-refractivity contribution >= 4 is 23.5 Å². The van der Waals surface area contributed by atoms with Gasteiger partial charge in [0.05, 0.1) is 0 Å². The van der Waals surface area contributed by atoms with E-state index in [0.29, 0.717) is 6.61 Å². The first kappa shape index (κ1) is 25.5. The lowest BCUT2D eigenvalue weighted by Gasteiger charge is -2.21. The second kappa shape index (κ2) is 14.4. The fraction of sp³-hybridized carbons (Fsp3) is 0.391. The van der Waals surface area contributed by atoms with Crippen LogP contribution in [0.5, 0.6) is 5.75 Å². The number of carboxylic acids is 2. The van der Waals surface area contributed by atoms with E-state index in [0.717, 1.165) is 36.8 Å². The Morgan fingerprint density at radius 3 is 2.07 bits per heavy atom. The van der Waals surface area contributed by atoms with Crippen molar-refractivity contribution < 1.29 is 24.5 Å². The lowest BCUT2D eigenvalue weighted by atomic mass is 10.1. The molecule has 2 aromatic carbocycles. The maximum atomic E-state index is 9.10. The third kappa shape index (κ3) is 10.3. The molecule has 0 saturated heterocycles. The van der Waals surface area contributed by atoms with Crippen LogP contribution in [0, 0.1) is 0 Å². The molecule has 0 bridgehead atoms. The summed E-state index contributed by atoms with van der Waals surface area (Å²) in [7, 11) is 0. The molecule has 7 heteroatoms. The van der Waals surface area contributed by atoms with Crippen molar-refractivity contribution in [3.63, 3.8) is 0 Å². The standard InChI is InChI=1S/C21H28ClNO.C2H2O4/c1-3-13-23(14-4-2)15-12-19-16-20(22)10-11-21(19)24-17-18-8-6-5-7-9-18;3-1(4)2(5)6/h5-11,16H,3-4,12-15,17H2,1-2H3;(H,3,4)(H,5,6). The number of carbonyl (C=O) groups is 2. The predicted molar refractivity (Wildman–Crippen MR) is 118 cm³/mol. The highest BCUT2D eigenvalue weighted by Crippen LogP contribution is 2.24. The third-order valence-electron chi connectivity index (χ3n) is 4.22. The van der Waals surface area contributed by atoms with Gasteiger partial charge >= 0.3 is 11.9 Å². The fourth-order valence-corrected chi connectivity index (χ4v) is 3.06. The van der Waals surface area contributed by atoms with Gasteiger partial charge in [-0.3, -0.25) is 0 Å². The average Bonchev–Trinajstić information content (AvgIpc) is 2.73. The summed E-state index contributed by atoms with van der Waals surface area (Å²) in [5, 5.41) is 15.6. The molecule has 0 amide bonds. The number of hydrogen-bond donors (Lipinski definition) is 2. The summed E-state index contributed by atoms with van der Waals surface area (Å²) >= 11 is 6.20. The van der Waals surface area contributed by atoms with Crippen molar-refractivity contribution in [2.24, 2.45) is 0 Å². The molecule has 0 aliphatic carbocycles. The molecule has 0 heterocycles. The third-order valence-corrected chi connectivity index (χ3v) is 4.45. The molecule has 2 rings (SSSR count). The monoisotopic (exact) mass is 435 g/mol. The minimum Gasteiger partial charge on any atom is -0.489 e. The lowest BCUT2D eigenvalue weighted by molar-refractivity contribution is -0.159. The van der Waals surface area contributed by atoms with Gasteiger partial charge in [0.1, 0.15) is 12.4 Å². The van der Waals surface area contributed by atoms with Crippen molar-refractivity contribution in [1.82, 2.24) is 4.90 Å². The lowest BCUT2D eigenvalue weighted by Crippen LogP contribution is -2.27. The molecule has 2 aromatic rings. The van der Waals surface area contributed by atoms with Crippen molar-refractivity contribution in [1.29, 1.82) is 0 Å². The number of halogens is 1. The van der Waals surface area contributed by atoms with Crippen LogP contribution in [0.3, 0.4) is 0 Å². The van der Waals surface area contributed by atoms with Crippen LogP contribution in [0.25, 0.3) is 0 Å². The molecule has 30 heavy (non-hydrogen) atoms. The molecule has 0 aromatic heterocycles. The number of ether oxygens (including phenoxy) is 1. The molecule has 0 saturated carbocycles. The van der Waals surface area contributed by atoms with E-state index in [-0.39, 0.29) is 0 Å². The van der Waals surface area contributed by atoms with E-state index in [4.69, 9.17) is 36.1 Å². The van der Waals surface area contributed by atoms with E-state index in [1.807, 2.05) is 36.4 Å². The van der Waals surface area contributed by atoms with Gasteiger partial charge in [0.2, 0.25) is 0 Å². The molecule has 0 atom stereocenters.